The highest BCUT2D eigenvalue weighted by Gasteiger charge is 2.18. The van der Waals surface area contributed by atoms with Gasteiger partial charge in [-0.2, -0.15) is 0 Å². The molecular weight excluding hydrogens is 440 g/mol. The number of hydrogen-bond acceptors (Lipinski definition) is 8. The first-order valence-electron chi connectivity index (χ1n) is 10.6. The molecule has 0 aliphatic rings. The van der Waals surface area contributed by atoms with Gasteiger partial charge in [0, 0.05) is 0 Å². The van der Waals surface area contributed by atoms with Crippen LogP contribution in [-0.2, 0) is 0 Å². The van der Waals surface area contributed by atoms with Gasteiger partial charge in [-0.1, -0.05) is 6.92 Å². The van der Waals surface area contributed by atoms with Gasteiger partial charge in [-0.25, -0.2) is 9.59 Å². The molecule has 34 heavy (non-hydrogen) atoms. The van der Waals surface area contributed by atoms with Crippen molar-refractivity contribution in [1.29, 1.82) is 0 Å². The van der Waals surface area contributed by atoms with Crippen LogP contribution in [0.25, 0.3) is 0 Å². The van der Waals surface area contributed by atoms with E-state index < -0.39 is 11.9 Å². The molecule has 0 spiro atoms. The van der Waals surface area contributed by atoms with Crippen LogP contribution < -0.4 is 28.4 Å². The van der Waals surface area contributed by atoms with E-state index in [1.807, 2.05) is 6.92 Å². The van der Waals surface area contributed by atoms with Gasteiger partial charge in [-0.05, 0) is 67.1 Å². The highest BCUT2D eigenvalue weighted by molar-refractivity contribution is 5.93. The molecule has 178 valence electrons. The van der Waals surface area contributed by atoms with Crippen molar-refractivity contribution < 1.29 is 38.0 Å². The average Bonchev–Trinajstić information content (AvgIpc) is 2.87. The van der Waals surface area contributed by atoms with E-state index >= 15 is 0 Å². The second-order valence-corrected chi connectivity index (χ2v) is 7.04. The zero-order valence-electron chi connectivity index (χ0n) is 19.5. The van der Waals surface area contributed by atoms with E-state index in [0.29, 0.717) is 40.9 Å². The van der Waals surface area contributed by atoms with E-state index in [9.17, 15) is 9.59 Å². The summed E-state index contributed by atoms with van der Waals surface area (Å²) >= 11 is 0. The molecule has 3 rings (SSSR count). The van der Waals surface area contributed by atoms with E-state index in [4.69, 9.17) is 28.4 Å². The summed E-state index contributed by atoms with van der Waals surface area (Å²) in [4.78, 5) is 25.0. The van der Waals surface area contributed by atoms with Gasteiger partial charge in [0.25, 0.3) is 0 Å². The molecule has 0 fully saturated rings. The van der Waals surface area contributed by atoms with Crippen molar-refractivity contribution in [1.82, 2.24) is 0 Å². The maximum atomic E-state index is 12.6. The van der Waals surface area contributed by atoms with Crippen LogP contribution in [-0.4, -0.2) is 39.9 Å². The number of rotatable bonds is 10. The van der Waals surface area contributed by atoms with E-state index in [0.717, 1.165) is 6.42 Å². The number of esters is 2. The van der Waals surface area contributed by atoms with E-state index in [-0.39, 0.29) is 11.3 Å². The lowest BCUT2D eigenvalue weighted by Gasteiger charge is -2.13. The Labute approximate surface area is 197 Å². The highest BCUT2D eigenvalue weighted by Crippen LogP contribution is 2.38. The molecule has 3 aromatic rings. The normalized spacial score (nSPS) is 10.2. The largest absolute Gasteiger partial charge is 0.494 e. The van der Waals surface area contributed by atoms with E-state index in [2.05, 4.69) is 0 Å². The molecule has 0 amide bonds. The number of ether oxygens (including phenoxy) is 6. The van der Waals surface area contributed by atoms with Crippen LogP contribution in [0, 0.1) is 0 Å². The summed E-state index contributed by atoms with van der Waals surface area (Å²) in [7, 11) is 4.39. The van der Waals surface area contributed by atoms with Crippen molar-refractivity contribution >= 4 is 11.9 Å². The average molecular weight is 466 g/mol. The molecule has 3 aromatic carbocycles. The van der Waals surface area contributed by atoms with Crippen molar-refractivity contribution in [3.8, 4) is 34.5 Å². The molecule has 0 N–H and O–H groups in total. The Kier molecular flexibility index (Phi) is 8.34. The van der Waals surface area contributed by atoms with Crippen LogP contribution in [0.3, 0.4) is 0 Å². The van der Waals surface area contributed by atoms with Crippen LogP contribution in [0.5, 0.6) is 34.5 Å². The number of carbonyl (C=O) groups excluding carboxylic acids is 2. The Bertz CT molecular complexity index is 1100. The summed E-state index contributed by atoms with van der Waals surface area (Å²) < 4.78 is 32.1. The molecule has 0 aliphatic carbocycles. The lowest BCUT2D eigenvalue weighted by Crippen LogP contribution is -2.10. The maximum absolute atomic E-state index is 12.6. The van der Waals surface area contributed by atoms with Crippen molar-refractivity contribution in [2.45, 2.75) is 13.3 Å². The van der Waals surface area contributed by atoms with Gasteiger partial charge >= 0.3 is 11.9 Å². The van der Waals surface area contributed by atoms with Crippen LogP contribution in [0.1, 0.15) is 34.1 Å². The smallest absolute Gasteiger partial charge is 0.343 e. The zero-order chi connectivity index (χ0) is 24.5. The fourth-order valence-corrected chi connectivity index (χ4v) is 3.01. The predicted octanol–water partition coefficient (Wildman–Crippen LogP) is 4.94. The van der Waals surface area contributed by atoms with Crippen molar-refractivity contribution in [2.75, 3.05) is 27.9 Å². The van der Waals surface area contributed by atoms with Gasteiger partial charge in [0.1, 0.15) is 17.2 Å². The predicted molar refractivity (Wildman–Crippen MR) is 125 cm³/mol. The van der Waals surface area contributed by atoms with E-state index in [1.165, 1.54) is 57.7 Å². The minimum atomic E-state index is -0.616. The molecule has 8 heteroatoms. The third-order valence-corrected chi connectivity index (χ3v) is 4.71. The molecule has 0 bridgehead atoms. The highest BCUT2D eigenvalue weighted by atomic mass is 16.5. The number of carbonyl (C=O) groups is 2. The third kappa shape index (κ3) is 5.98. The zero-order valence-corrected chi connectivity index (χ0v) is 19.5. The molecule has 0 aromatic heterocycles. The fraction of sp³-hybridized carbons (Fsp3) is 0.231. The number of methoxy groups -OCH3 is 3. The second kappa shape index (κ2) is 11.6. The van der Waals surface area contributed by atoms with Gasteiger partial charge in [0.2, 0.25) is 5.75 Å². The summed E-state index contributed by atoms with van der Waals surface area (Å²) in [6, 6.07) is 15.8. The Morgan fingerprint density at radius 3 is 1.56 bits per heavy atom. The Balaban J connectivity index is 1.64. The van der Waals surface area contributed by atoms with Gasteiger partial charge in [0.15, 0.2) is 11.5 Å². The van der Waals surface area contributed by atoms with Crippen LogP contribution in [0.4, 0.5) is 0 Å². The molecule has 0 heterocycles. The summed E-state index contributed by atoms with van der Waals surface area (Å²) in [5.74, 6) is 1.19. The fourth-order valence-electron chi connectivity index (χ4n) is 3.01. The quantitative estimate of drug-likeness (QED) is 0.307. The molecule has 0 saturated heterocycles. The second-order valence-electron chi connectivity index (χ2n) is 7.04. The van der Waals surface area contributed by atoms with Gasteiger partial charge in [-0.15, -0.1) is 0 Å². The molecule has 0 atom stereocenters. The topological polar surface area (TPSA) is 89.5 Å². The Morgan fingerprint density at radius 1 is 0.647 bits per heavy atom. The molecule has 0 unspecified atom stereocenters. The Hall–Kier alpha value is -4.20. The molecule has 0 aliphatic heterocycles. The van der Waals surface area contributed by atoms with Gasteiger partial charge in [-0.3, -0.25) is 0 Å². The summed E-state index contributed by atoms with van der Waals surface area (Å²) in [6.45, 7) is 2.63. The third-order valence-electron chi connectivity index (χ3n) is 4.71. The molecule has 0 saturated carbocycles. The van der Waals surface area contributed by atoms with Crippen molar-refractivity contribution in [3.05, 3.63) is 71.8 Å². The Morgan fingerprint density at radius 2 is 1.12 bits per heavy atom. The van der Waals surface area contributed by atoms with Crippen molar-refractivity contribution in [3.63, 3.8) is 0 Å². The summed E-state index contributed by atoms with van der Waals surface area (Å²) in [5, 5.41) is 0. The minimum absolute atomic E-state index is 0.219. The van der Waals surface area contributed by atoms with Gasteiger partial charge < -0.3 is 28.4 Å². The van der Waals surface area contributed by atoms with Crippen LogP contribution >= 0.6 is 0 Å². The standard InChI is InChI=1S/C26H26O8/c1-5-14-32-19-8-6-17(7-9-19)25(27)33-20-10-12-21(13-11-20)34-26(28)18-15-22(29-2)24(31-4)23(16-18)30-3/h6-13,15-16H,5,14H2,1-4H3. The number of benzene rings is 3. The number of hydrogen-bond donors (Lipinski definition) is 0. The monoisotopic (exact) mass is 466 g/mol. The van der Waals surface area contributed by atoms with E-state index in [1.54, 1.807) is 24.3 Å². The molecule has 0 radical (unpaired) electrons. The molecule has 8 nitrogen and oxygen atoms in total. The summed E-state index contributed by atoms with van der Waals surface area (Å²) in [5.41, 5.74) is 0.609. The lowest BCUT2D eigenvalue weighted by atomic mass is 10.2. The minimum Gasteiger partial charge on any atom is -0.494 e. The summed E-state index contributed by atoms with van der Waals surface area (Å²) in [6.07, 6.45) is 0.900. The first kappa shape index (κ1) is 24.4. The maximum Gasteiger partial charge on any atom is 0.343 e. The van der Waals surface area contributed by atoms with Crippen LogP contribution in [0.15, 0.2) is 60.7 Å². The SMILES string of the molecule is CCCOc1ccc(C(=O)Oc2ccc(OC(=O)c3cc(OC)c(OC)c(OC)c3)cc2)cc1. The lowest BCUT2D eigenvalue weighted by molar-refractivity contribution is 0.0719. The van der Waals surface area contributed by atoms with Gasteiger partial charge in [0.05, 0.1) is 39.1 Å². The molecular formula is C26H26O8. The first-order chi connectivity index (χ1) is 16.5. The van der Waals surface area contributed by atoms with Crippen molar-refractivity contribution in [2.24, 2.45) is 0 Å². The van der Waals surface area contributed by atoms with Crippen LogP contribution in [0.2, 0.25) is 0 Å². The first-order valence-corrected chi connectivity index (χ1v) is 10.6.